The number of piperidine rings is 2. The van der Waals surface area contributed by atoms with Gasteiger partial charge in [-0.3, -0.25) is 19.7 Å². The second kappa shape index (κ2) is 7.17. The quantitative estimate of drug-likeness (QED) is 0.675. The fourth-order valence-electron chi connectivity index (χ4n) is 4.12. The minimum absolute atomic E-state index is 0.0998. The lowest BCUT2D eigenvalue weighted by Crippen LogP contribution is -2.52. The van der Waals surface area contributed by atoms with Gasteiger partial charge in [-0.2, -0.15) is 0 Å². The van der Waals surface area contributed by atoms with Crippen molar-refractivity contribution < 1.29 is 14.4 Å². The molecular weight excluding hydrogens is 332 g/mol. The summed E-state index contributed by atoms with van der Waals surface area (Å²) in [5, 5.41) is 9.26. The molecule has 7 heteroatoms. The van der Waals surface area contributed by atoms with E-state index in [1.165, 1.54) is 0 Å². The van der Waals surface area contributed by atoms with E-state index in [1.54, 1.807) is 4.90 Å². The van der Waals surface area contributed by atoms with E-state index in [0.29, 0.717) is 25.6 Å². The molecule has 1 atom stereocenters. The highest BCUT2D eigenvalue weighted by molar-refractivity contribution is 6.05. The van der Waals surface area contributed by atoms with Crippen LogP contribution in [0.5, 0.6) is 0 Å². The third-order valence-electron chi connectivity index (χ3n) is 5.56. The molecule has 0 aromatic heterocycles. The molecule has 0 aliphatic carbocycles. The van der Waals surface area contributed by atoms with E-state index in [0.717, 1.165) is 42.6 Å². The summed E-state index contributed by atoms with van der Waals surface area (Å²) in [5.74, 6) is -0.726. The van der Waals surface area contributed by atoms with Crippen molar-refractivity contribution in [3.05, 3.63) is 34.9 Å². The molecule has 4 rings (SSSR count). The molecule has 2 saturated heterocycles. The Morgan fingerprint density at radius 1 is 1.12 bits per heavy atom. The molecule has 138 valence electrons. The highest BCUT2D eigenvalue weighted by Crippen LogP contribution is 2.29. The van der Waals surface area contributed by atoms with Crippen molar-refractivity contribution in [2.45, 2.75) is 50.9 Å². The fraction of sp³-hybridized carbons (Fsp3) is 0.526. The van der Waals surface area contributed by atoms with Gasteiger partial charge in [0.15, 0.2) is 0 Å². The SMILES string of the molecule is O=C1CCC(N2Cc3cccc(CNC4CCNCC4)c3C2=O)C(=O)N1. The number of nitrogens with zero attached hydrogens (tertiary/aromatic N) is 1. The van der Waals surface area contributed by atoms with Crippen LogP contribution in [0.4, 0.5) is 0 Å². The van der Waals surface area contributed by atoms with Crippen LogP contribution in [0.2, 0.25) is 0 Å². The summed E-state index contributed by atoms with van der Waals surface area (Å²) in [7, 11) is 0. The zero-order valence-corrected chi connectivity index (χ0v) is 14.7. The van der Waals surface area contributed by atoms with Gasteiger partial charge in [0.1, 0.15) is 6.04 Å². The molecule has 3 aliphatic heterocycles. The summed E-state index contributed by atoms with van der Waals surface area (Å²) in [4.78, 5) is 38.2. The highest BCUT2D eigenvalue weighted by atomic mass is 16.2. The van der Waals surface area contributed by atoms with Crippen molar-refractivity contribution in [3.8, 4) is 0 Å². The van der Waals surface area contributed by atoms with Crippen LogP contribution in [0, 0.1) is 0 Å². The predicted octanol–water partition coefficient (Wildman–Crippen LogP) is 0.289. The van der Waals surface area contributed by atoms with E-state index in [2.05, 4.69) is 16.0 Å². The van der Waals surface area contributed by atoms with Gasteiger partial charge in [-0.15, -0.1) is 0 Å². The number of carbonyl (C=O) groups excluding carboxylic acids is 3. The zero-order chi connectivity index (χ0) is 18.1. The van der Waals surface area contributed by atoms with Gasteiger partial charge in [-0.1, -0.05) is 18.2 Å². The second-order valence-corrected chi connectivity index (χ2v) is 7.26. The monoisotopic (exact) mass is 356 g/mol. The van der Waals surface area contributed by atoms with Gasteiger partial charge in [0, 0.05) is 31.1 Å². The number of imide groups is 1. The van der Waals surface area contributed by atoms with Crippen LogP contribution in [0.15, 0.2) is 18.2 Å². The maximum atomic E-state index is 13.0. The van der Waals surface area contributed by atoms with Crippen molar-refractivity contribution in [2.75, 3.05) is 13.1 Å². The summed E-state index contributed by atoms with van der Waals surface area (Å²) in [6.45, 7) is 3.13. The molecule has 3 amide bonds. The average molecular weight is 356 g/mol. The number of benzene rings is 1. The van der Waals surface area contributed by atoms with Gasteiger partial charge < -0.3 is 15.5 Å². The predicted molar refractivity (Wildman–Crippen MR) is 95.2 cm³/mol. The number of hydrogen-bond acceptors (Lipinski definition) is 5. The Kier molecular flexibility index (Phi) is 4.74. The van der Waals surface area contributed by atoms with Gasteiger partial charge in [0.2, 0.25) is 11.8 Å². The van der Waals surface area contributed by atoms with E-state index in [9.17, 15) is 14.4 Å². The molecule has 7 nitrogen and oxygen atoms in total. The molecule has 0 saturated carbocycles. The summed E-state index contributed by atoms with van der Waals surface area (Å²) in [6.07, 6.45) is 2.85. The van der Waals surface area contributed by atoms with Crippen LogP contribution < -0.4 is 16.0 Å². The van der Waals surface area contributed by atoms with Crippen molar-refractivity contribution in [2.24, 2.45) is 0 Å². The molecule has 3 aliphatic rings. The Labute approximate surface area is 152 Å². The van der Waals surface area contributed by atoms with E-state index in [-0.39, 0.29) is 24.1 Å². The number of carbonyl (C=O) groups is 3. The first-order valence-electron chi connectivity index (χ1n) is 9.33. The molecule has 1 aromatic carbocycles. The Morgan fingerprint density at radius 2 is 1.92 bits per heavy atom. The number of nitrogens with one attached hydrogen (secondary N) is 3. The second-order valence-electron chi connectivity index (χ2n) is 7.26. The van der Waals surface area contributed by atoms with Crippen LogP contribution in [0.3, 0.4) is 0 Å². The van der Waals surface area contributed by atoms with Crippen LogP contribution >= 0.6 is 0 Å². The molecule has 3 heterocycles. The largest absolute Gasteiger partial charge is 0.322 e. The molecule has 1 aromatic rings. The number of hydrogen-bond donors (Lipinski definition) is 3. The first-order valence-corrected chi connectivity index (χ1v) is 9.33. The zero-order valence-electron chi connectivity index (χ0n) is 14.7. The normalized spacial score (nSPS) is 23.9. The summed E-state index contributed by atoms with van der Waals surface area (Å²) in [6, 6.07) is 5.82. The van der Waals surface area contributed by atoms with E-state index < -0.39 is 6.04 Å². The van der Waals surface area contributed by atoms with Gasteiger partial charge in [0.05, 0.1) is 0 Å². The Morgan fingerprint density at radius 3 is 2.69 bits per heavy atom. The molecule has 0 spiro atoms. The van der Waals surface area contributed by atoms with Crippen LogP contribution in [0.25, 0.3) is 0 Å². The Hall–Kier alpha value is -2.25. The summed E-state index contributed by atoms with van der Waals surface area (Å²) < 4.78 is 0. The van der Waals surface area contributed by atoms with Crippen molar-refractivity contribution >= 4 is 17.7 Å². The first kappa shape index (κ1) is 17.2. The lowest BCUT2D eigenvalue weighted by atomic mass is 10.0. The standard InChI is InChI=1S/C19H24N4O3/c24-16-5-4-15(18(25)22-16)23-11-13-3-1-2-12(17(13)19(23)26)10-21-14-6-8-20-9-7-14/h1-3,14-15,20-21H,4-11H2,(H,22,24,25). The minimum Gasteiger partial charge on any atom is -0.322 e. The Balaban J connectivity index is 1.49. The molecule has 1 unspecified atom stereocenters. The van der Waals surface area contributed by atoms with E-state index >= 15 is 0 Å². The fourth-order valence-corrected chi connectivity index (χ4v) is 4.12. The van der Waals surface area contributed by atoms with Gasteiger partial charge in [-0.25, -0.2) is 0 Å². The van der Waals surface area contributed by atoms with Gasteiger partial charge >= 0.3 is 0 Å². The number of fused-ring (bicyclic) bond motifs is 1. The van der Waals surface area contributed by atoms with Crippen LogP contribution in [-0.4, -0.2) is 47.8 Å². The maximum absolute atomic E-state index is 13.0. The molecule has 2 fully saturated rings. The van der Waals surface area contributed by atoms with Crippen molar-refractivity contribution in [1.82, 2.24) is 20.9 Å². The molecule has 3 N–H and O–H groups in total. The molecule has 0 radical (unpaired) electrons. The third kappa shape index (κ3) is 3.24. The van der Waals surface area contributed by atoms with Crippen LogP contribution in [-0.2, 0) is 22.7 Å². The summed E-state index contributed by atoms with van der Waals surface area (Å²) in [5.41, 5.74) is 2.67. The van der Waals surface area contributed by atoms with E-state index in [4.69, 9.17) is 0 Å². The smallest absolute Gasteiger partial charge is 0.255 e. The average Bonchev–Trinajstić information content (AvgIpc) is 2.98. The highest BCUT2D eigenvalue weighted by Gasteiger charge is 2.39. The van der Waals surface area contributed by atoms with Crippen molar-refractivity contribution in [1.29, 1.82) is 0 Å². The maximum Gasteiger partial charge on any atom is 0.255 e. The lowest BCUT2D eigenvalue weighted by molar-refractivity contribution is -0.136. The number of amides is 3. The molecule has 0 bridgehead atoms. The molecule has 26 heavy (non-hydrogen) atoms. The van der Waals surface area contributed by atoms with Crippen LogP contribution in [0.1, 0.15) is 47.2 Å². The number of rotatable bonds is 4. The topological polar surface area (TPSA) is 90.5 Å². The van der Waals surface area contributed by atoms with E-state index in [1.807, 2.05) is 18.2 Å². The third-order valence-corrected chi connectivity index (χ3v) is 5.56. The summed E-state index contributed by atoms with van der Waals surface area (Å²) >= 11 is 0. The van der Waals surface area contributed by atoms with Crippen molar-refractivity contribution in [3.63, 3.8) is 0 Å². The van der Waals surface area contributed by atoms with Gasteiger partial charge in [-0.05, 0) is 43.5 Å². The lowest BCUT2D eigenvalue weighted by Gasteiger charge is -2.29. The van der Waals surface area contributed by atoms with Gasteiger partial charge in [0.25, 0.3) is 5.91 Å². The first-order chi connectivity index (χ1) is 12.6. The molecular formula is C19H24N4O3. The minimum atomic E-state index is -0.558. The Bertz CT molecular complexity index is 742.